The Morgan fingerprint density at radius 3 is 2.79 bits per heavy atom. The maximum atomic E-state index is 17.0. The Labute approximate surface area is 323 Å². The van der Waals surface area contributed by atoms with E-state index in [1.807, 2.05) is 33.2 Å². The molecule has 1 unspecified atom stereocenters. The van der Waals surface area contributed by atoms with Gasteiger partial charge in [0.15, 0.2) is 5.82 Å². The van der Waals surface area contributed by atoms with E-state index in [9.17, 15) is 13.6 Å². The topological polar surface area (TPSA) is 100 Å². The molecule has 8 rings (SSSR count). The van der Waals surface area contributed by atoms with Crippen LogP contribution >= 0.6 is 0 Å². The normalized spacial score (nSPS) is 21.6. The number of aromatic nitrogens is 5. The molecule has 0 N–H and O–H groups in total. The molecule has 6 heterocycles. The number of benzene rings is 2. The van der Waals surface area contributed by atoms with Crippen LogP contribution in [0.3, 0.4) is 0 Å². The Hall–Kier alpha value is -5.74. The standard InChI is InChI=1S/C43H42F3N8O2/c1-5-32-35(45)14-12-29-10-6-11-33(37(29)32)39-38(46)40-34(21-47-39)41(51-42(50-40)56-25-43-16-8-18-54(43)24-30(44)20-43)52(4)22-28-9-7-17-53(23-28)36(55)15-13-31-19-26(2)48-27(3)49-31/h1,6,10-15,19,21-22,28,30H,7-9,16-18,20,23-25H2,2-4H3/q+1/b15-13+,52-22?/t28?,30-,43+/m1/s1. The van der Waals surface area contributed by atoms with Crippen LogP contribution in [-0.2, 0) is 4.79 Å². The minimum Gasteiger partial charge on any atom is -0.443 e. The number of carbonyl (C=O) groups is 1. The maximum absolute atomic E-state index is 17.0. The lowest BCUT2D eigenvalue weighted by atomic mass is 9.95. The van der Waals surface area contributed by atoms with Crippen molar-refractivity contribution in [3.63, 3.8) is 0 Å². The van der Waals surface area contributed by atoms with E-state index in [4.69, 9.17) is 16.1 Å². The van der Waals surface area contributed by atoms with Crippen molar-refractivity contribution in [2.75, 3.05) is 39.8 Å². The minimum atomic E-state index is -0.949. The van der Waals surface area contributed by atoms with Crippen molar-refractivity contribution in [1.29, 1.82) is 0 Å². The number of carbonyl (C=O) groups excluding carboxylic acids is 1. The molecule has 56 heavy (non-hydrogen) atoms. The zero-order valence-electron chi connectivity index (χ0n) is 31.6. The van der Waals surface area contributed by atoms with E-state index in [1.54, 1.807) is 39.8 Å². The molecule has 286 valence electrons. The van der Waals surface area contributed by atoms with Gasteiger partial charge in [-0.15, -0.1) is 6.42 Å². The average Bonchev–Trinajstić information content (AvgIpc) is 3.71. The van der Waals surface area contributed by atoms with E-state index >= 15 is 4.39 Å². The summed E-state index contributed by atoms with van der Waals surface area (Å²) in [7, 11) is 1.81. The third-order valence-electron chi connectivity index (χ3n) is 11.2. The van der Waals surface area contributed by atoms with Crippen LogP contribution in [0.15, 0.2) is 48.7 Å². The molecule has 5 aromatic rings. The highest BCUT2D eigenvalue weighted by Gasteiger charge is 2.49. The van der Waals surface area contributed by atoms with Crippen LogP contribution in [0.5, 0.6) is 6.01 Å². The fourth-order valence-electron chi connectivity index (χ4n) is 8.69. The lowest BCUT2D eigenvalue weighted by molar-refractivity contribution is -0.405. The van der Waals surface area contributed by atoms with Gasteiger partial charge in [0.2, 0.25) is 5.91 Å². The van der Waals surface area contributed by atoms with Gasteiger partial charge in [0.05, 0.1) is 30.1 Å². The van der Waals surface area contributed by atoms with Crippen molar-refractivity contribution in [2.45, 2.75) is 57.7 Å². The van der Waals surface area contributed by atoms with Crippen molar-refractivity contribution in [1.82, 2.24) is 34.7 Å². The number of ether oxygens (including phenoxy) is 1. The molecular weight excluding hydrogens is 718 g/mol. The zero-order valence-corrected chi connectivity index (χ0v) is 31.6. The van der Waals surface area contributed by atoms with E-state index in [0.29, 0.717) is 65.1 Å². The van der Waals surface area contributed by atoms with Crippen molar-refractivity contribution in [3.8, 4) is 29.6 Å². The Morgan fingerprint density at radius 2 is 1.96 bits per heavy atom. The van der Waals surface area contributed by atoms with Crippen LogP contribution in [0.4, 0.5) is 19.0 Å². The summed E-state index contributed by atoms with van der Waals surface area (Å²) < 4.78 is 54.6. The molecule has 13 heteroatoms. The Kier molecular flexibility index (Phi) is 10.0. The van der Waals surface area contributed by atoms with Gasteiger partial charge < -0.3 is 9.64 Å². The van der Waals surface area contributed by atoms with E-state index in [0.717, 1.165) is 37.9 Å². The van der Waals surface area contributed by atoms with Crippen LogP contribution in [0.1, 0.15) is 54.9 Å². The highest BCUT2D eigenvalue weighted by Crippen LogP contribution is 2.41. The minimum absolute atomic E-state index is 0.0129. The molecule has 2 aromatic carbocycles. The lowest BCUT2D eigenvalue weighted by Gasteiger charge is -2.30. The summed E-state index contributed by atoms with van der Waals surface area (Å²) in [5.74, 6) is 1.91. The monoisotopic (exact) mass is 759 g/mol. The third kappa shape index (κ3) is 7.09. The largest absolute Gasteiger partial charge is 0.443 e. The van der Waals surface area contributed by atoms with Gasteiger partial charge in [0, 0.05) is 65.9 Å². The molecule has 3 saturated heterocycles. The first kappa shape index (κ1) is 37.2. The van der Waals surface area contributed by atoms with Gasteiger partial charge in [0.25, 0.3) is 0 Å². The Morgan fingerprint density at radius 1 is 1.11 bits per heavy atom. The smallest absolute Gasteiger partial charge is 0.434 e. The van der Waals surface area contributed by atoms with Gasteiger partial charge in [-0.3, -0.25) is 14.7 Å². The second kappa shape index (κ2) is 15.1. The summed E-state index contributed by atoms with van der Waals surface area (Å²) in [6.07, 6.45) is 15.2. The van der Waals surface area contributed by atoms with Gasteiger partial charge in [0.1, 0.15) is 41.0 Å². The SMILES string of the molecule is C#Cc1c(F)ccc2cccc(-c3ncc4c([N+](C)=CC5CCCN(C(=O)/C=C/c6cc(C)nc(C)n6)C5)nc(OC[C@@]56CCCN5C[C@H](F)C6)nc4c3F)c12. The number of pyridine rings is 1. The summed E-state index contributed by atoms with van der Waals surface area (Å²) in [5.41, 5.74) is 1.26. The number of terminal acetylenes is 1. The number of hydrogen-bond acceptors (Lipinski definition) is 8. The Balaban J connectivity index is 1.15. The summed E-state index contributed by atoms with van der Waals surface area (Å²) in [6.45, 7) is 6.08. The highest BCUT2D eigenvalue weighted by atomic mass is 19.1. The summed E-state index contributed by atoms with van der Waals surface area (Å²) >= 11 is 0. The number of nitrogens with zero attached hydrogens (tertiary/aromatic N) is 8. The van der Waals surface area contributed by atoms with Gasteiger partial charge in [-0.05, 0) is 69.7 Å². The molecule has 3 aliphatic rings. The first-order valence-corrected chi connectivity index (χ1v) is 19.0. The highest BCUT2D eigenvalue weighted by molar-refractivity contribution is 6.01. The first-order valence-electron chi connectivity index (χ1n) is 19.0. The first-order chi connectivity index (χ1) is 27.0. The van der Waals surface area contributed by atoms with Crippen molar-refractivity contribution in [3.05, 3.63) is 83.1 Å². The summed E-state index contributed by atoms with van der Waals surface area (Å²) in [6, 6.07) is 9.83. The van der Waals surface area contributed by atoms with Gasteiger partial charge in [-0.1, -0.05) is 30.2 Å². The maximum Gasteiger partial charge on any atom is 0.434 e. The predicted molar refractivity (Wildman–Crippen MR) is 208 cm³/mol. The van der Waals surface area contributed by atoms with Crippen molar-refractivity contribution >= 4 is 45.7 Å². The molecule has 0 saturated carbocycles. The second-order valence-electron chi connectivity index (χ2n) is 15.1. The van der Waals surface area contributed by atoms with Crippen molar-refractivity contribution < 1.29 is 27.3 Å². The fourth-order valence-corrected chi connectivity index (χ4v) is 8.69. The number of halogens is 3. The molecule has 0 spiro atoms. The molecule has 0 radical (unpaired) electrons. The second-order valence-corrected chi connectivity index (χ2v) is 15.1. The fraction of sp³-hybridized carbons (Fsp3) is 0.372. The average molecular weight is 760 g/mol. The molecule has 3 atom stereocenters. The summed E-state index contributed by atoms with van der Waals surface area (Å²) in [5, 5.41) is 1.33. The molecule has 3 aromatic heterocycles. The molecule has 10 nitrogen and oxygen atoms in total. The van der Waals surface area contributed by atoms with Crippen LogP contribution in [0.2, 0.25) is 0 Å². The zero-order chi connectivity index (χ0) is 39.1. The molecular formula is C43H42F3N8O2+. The predicted octanol–water partition coefficient (Wildman–Crippen LogP) is 6.76. The van der Waals surface area contributed by atoms with E-state index in [-0.39, 0.29) is 41.2 Å². The molecule has 0 aliphatic carbocycles. The third-order valence-corrected chi connectivity index (χ3v) is 11.2. The number of aryl methyl sites for hydroxylation is 2. The van der Waals surface area contributed by atoms with Crippen LogP contribution in [0.25, 0.3) is 39.0 Å². The molecule has 1 amide bonds. The number of fused-ring (bicyclic) bond motifs is 3. The number of likely N-dealkylation sites (tertiary alicyclic amines) is 1. The lowest BCUT2D eigenvalue weighted by Crippen LogP contribution is -2.43. The number of alkyl halides is 1. The van der Waals surface area contributed by atoms with Gasteiger partial charge in [-0.2, -0.15) is 4.98 Å². The molecule has 3 fully saturated rings. The van der Waals surface area contributed by atoms with E-state index < -0.39 is 23.3 Å². The number of amides is 1. The van der Waals surface area contributed by atoms with Gasteiger partial charge >= 0.3 is 11.8 Å². The number of piperidine rings is 1. The van der Waals surface area contributed by atoms with E-state index in [2.05, 4.69) is 30.8 Å². The quantitative estimate of drug-likeness (QED) is 0.0741. The van der Waals surface area contributed by atoms with Crippen LogP contribution in [0, 0.1) is 43.7 Å². The summed E-state index contributed by atoms with van der Waals surface area (Å²) in [4.78, 5) is 39.9. The number of rotatable bonds is 8. The number of hydrogen-bond donors (Lipinski definition) is 0. The Bertz CT molecular complexity index is 2460. The van der Waals surface area contributed by atoms with Crippen LogP contribution < -0.4 is 4.74 Å². The molecule has 3 aliphatic heterocycles. The van der Waals surface area contributed by atoms with Gasteiger partial charge in [-0.25, -0.2) is 27.7 Å². The van der Waals surface area contributed by atoms with Crippen molar-refractivity contribution in [2.24, 2.45) is 5.92 Å². The molecule has 0 bridgehead atoms. The van der Waals surface area contributed by atoms with E-state index in [1.165, 1.54) is 18.3 Å². The van der Waals surface area contributed by atoms with Crippen LogP contribution in [-0.4, -0.2) is 103 Å².